The summed E-state index contributed by atoms with van der Waals surface area (Å²) in [5, 5.41) is 11.8. The number of aromatic nitrogens is 4. The van der Waals surface area contributed by atoms with E-state index in [0.29, 0.717) is 0 Å². The number of rotatable bonds is 5. The first kappa shape index (κ1) is 13.0. The normalized spacial score (nSPS) is 11.7. The van der Waals surface area contributed by atoms with Crippen molar-refractivity contribution in [3.05, 3.63) is 36.2 Å². The lowest BCUT2D eigenvalue weighted by atomic mass is 10.1. The van der Waals surface area contributed by atoms with Crippen LogP contribution < -0.4 is 5.73 Å². The number of nitrogens with two attached hydrogens (primary N) is 1. The monoisotopic (exact) mass is 263 g/mol. The summed E-state index contributed by atoms with van der Waals surface area (Å²) in [6.45, 7) is 4.03. The SMILES string of the molecule is CC(C)(N)CSCc1nnnn1-c1ccccc1. The van der Waals surface area contributed by atoms with E-state index < -0.39 is 0 Å². The third kappa shape index (κ3) is 3.54. The number of tetrazole rings is 1. The zero-order valence-electron chi connectivity index (χ0n) is 10.6. The van der Waals surface area contributed by atoms with E-state index in [-0.39, 0.29) is 5.54 Å². The lowest BCUT2D eigenvalue weighted by Crippen LogP contribution is -2.34. The molecule has 0 saturated carbocycles. The molecule has 96 valence electrons. The maximum absolute atomic E-state index is 5.94. The summed E-state index contributed by atoms with van der Waals surface area (Å²) >= 11 is 1.74. The first-order chi connectivity index (χ1) is 8.56. The van der Waals surface area contributed by atoms with Gasteiger partial charge < -0.3 is 5.73 Å². The van der Waals surface area contributed by atoms with E-state index >= 15 is 0 Å². The second kappa shape index (κ2) is 5.49. The molecule has 0 fully saturated rings. The van der Waals surface area contributed by atoms with Gasteiger partial charge in [0.05, 0.1) is 11.4 Å². The Morgan fingerprint density at radius 2 is 2.00 bits per heavy atom. The van der Waals surface area contributed by atoms with E-state index in [4.69, 9.17) is 5.73 Å². The van der Waals surface area contributed by atoms with Crippen LogP contribution in [0.3, 0.4) is 0 Å². The highest BCUT2D eigenvalue weighted by Gasteiger charge is 2.13. The molecule has 18 heavy (non-hydrogen) atoms. The minimum absolute atomic E-state index is 0.171. The average Bonchev–Trinajstić information content (AvgIpc) is 2.77. The Morgan fingerprint density at radius 3 is 2.67 bits per heavy atom. The van der Waals surface area contributed by atoms with E-state index in [1.165, 1.54) is 0 Å². The summed E-state index contributed by atoms with van der Waals surface area (Å²) in [5.74, 6) is 2.47. The fourth-order valence-corrected chi connectivity index (χ4v) is 2.46. The molecule has 0 atom stereocenters. The lowest BCUT2D eigenvalue weighted by molar-refractivity contribution is 0.591. The average molecular weight is 263 g/mol. The predicted molar refractivity (Wildman–Crippen MR) is 73.6 cm³/mol. The van der Waals surface area contributed by atoms with Gasteiger partial charge in [-0.25, -0.2) is 0 Å². The molecule has 0 amide bonds. The fourth-order valence-electron chi connectivity index (χ4n) is 1.47. The molecule has 1 aromatic carbocycles. The van der Waals surface area contributed by atoms with Crippen molar-refractivity contribution >= 4 is 11.8 Å². The van der Waals surface area contributed by atoms with Crippen molar-refractivity contribution in [3.8, 4) is 5.69 Å². The van der Waals surface area contributed by atoms with E-state index in [1.54, 1.807) is 16.4 Å². The second-order valence-electron chi connectivity index (χ2n) is 4.82. The Labute approximate surface area is 111 Å². The van der Waals surface area contributed by atoms with Gasteiger partial charge in [-0.1, -0.05) is 18.2 Å². The van der Waals surface area contributed by atoms with Gasteiger partial charge in [0.2, 0.25) is 0 Å². The molecular weight excluding hydrogens is 246 g/mol. The molecule has 0 aliphatic carbocycles. The molecule has 0 aliphatic heterocycles. The third-order valence-corrected chi connectivity index (χ3v) is 3.65. The summed E-state index contributed by atoms with van der Waals surface area (Å²) in [6, 6.07) is 9.88. The highest BCUT2D eigenvalue weighted by molar-refractivity contribution is 7.98. The molecule has 0 bridgehead atoms. The summed E-state index contributed by atoms with van der Waals surface area (Å²) in [6.07, 6.45) is 0. The zero-order chi connectivity index (χ0) is 13.0. The standard InChI is InChI=1S/C12H17N5S/c1-12(2,13)9-18-8-11-14-15-16-17(11)10-6-4-3-5-7-10/h3-7H,8-9,13H2,1-2H3. The maximum Gasteiger partial charge on any atom is 0.166 e. The number of nitrogens with zero attached hydrogens (tertiary/aromatic N) is 4. The van der Waals surface area contributed by atoms with Crippen LogP contribution in [-0.4, -0.2) is 31.5 Å². The highest BCUT2D eigenvalue weighted by Crippen LogP contribution is 2.16. The molecular formula is C12H17N5S. The Kier molecular flexibility index (Phi) is 3.98. The molecule has 0 radical (unpaired) electrons. The van der Waals surface area contributed by atoms with Gasteiger partial charge in [0.25, 0.3) is 0 Å². The van der Waals surface area contributed by atoms with Gasteiger partial charge >= 0.3 is 0 Å². The van der Waals surface area contributed by atoms with Crippen molar-refractivity contribution in [2.24, 2.45) is 5.73 Å². The van der Waals surface area contributed by atoms with Gasteiger partial charge in [0.1, 0.15) is 0 Å². The Hall–Kier alpha value is -1.40. The summed E-state index contributed by atoms with van der Waals surface area (Å²) in [5.41, 5.74) is 6.75. The van der Waals surface area contributed by atoms with Crippen LogP contribution in [0.5, 0.6) is 0 Å². The van der Waals surface area contributed by atoms with Crippen LogP contribution in [-0.2, 0) is 5.75 Å². The summed E-state index contributed by atoms with van der Waals surface area (Å²) in [4.78, 5) is 0. The molecule has 0 saturated heterocycles. The van der Waals surface area contributed by atoms with Gasteiger partial charge in [-0.2, -0.15) is 16.4 Å². The largest absolute Gasteiger partial charge is 0.325 e. The van der Waals surface area contributed by atoms with Gasteiger partial charge in [-0.05, 0) is 36.4 Å². The van der Waals surface area contributed by atoms with Crippen LogP contribution in [0, 0.1) is 0 Å². The van der Waals surface area contributed by atoms with Gasteiger partial charge in [-0.3, -0.25) is 0 Å². The predicted octanol–water partition coefficient (Wildman–Crippen LogP) is 1.63. The van der Waals surface area contributed by atoms with E-state index in [9.17, 15) is 0 Å². The van der Waals surface area contributed by atoms with Crippen molar-refractivity contribution in [2.75, 3.05) is 5.75 Å². The molecule has 0 unspecified atom stereocenters. The summed E-state index contributed by atoms with van der Waals surface area (Å²) < 4.78 is 1.76. The minimum atomic E-state index is -0.171. The van der Waals surface area contributed by atoms with Crippen LogP contribution in [0.15, 0.2) is 30.3 Å². The van der Waals surface area contributed by atoms with E-state index in [0.717, 1.165) is 23.0 Å². The van der Waals surface area contributed by atoms with Crippen molar-refractivity contribution in [1.29, 1.82) is 0 Å². The van der Waals surface area contributed by atoms with Crippen LogP contribution in [0.4, 0.5) is 0 Å². The van der Waals surface area contributed by atoms with Gasteiger partial charge in [-0.15, -0.1) is 5.10 Å². The van der Waals surface area contributed by atoms with Crippen LogP contribution in [0.2, 0.25) is 0 Å². The first-order valence-electron chi connectivity index (χ1n) is 5.75. The van der Waals surface area contributed by atoms with Crippen LogP contribution in [0.25, 0.3) is 5.69 Å². The zero-order valence-corrected chi connectivity index (χ0v) is 11.4. The molecule has 0 aliphatic rings. The van der Waals surface area contributed by atoms with Gasteiger partial charge in [0, 0.05) is 11.3 Å². The fraction of sp³-hybridized carbons (Fsp3) is 0.417. The van der Waals surface area contributed by atoms with Crippen LogP contribution >= 0.6 is 11.8 Å². The van der Waals surface area contributed by atoms with Gasteiger partial charge in [0.15, 0.2) is 5.82 Å². The molecule has 1 heterocycles. The number of hydrogen-bond acceptors (Lipinski definition) is 5. The van der Waals surface area contributed by atoms with Crippen LogP contribution in [0.1, 0.15) is 19.7 Å². The highest BCUT2D eigenvalue weighted by atomic mass is 32.2. The number of para-hydroxylation sites is 1. The van der Waals surface area contributed by atoms with Crippen molar-refractivity contribution in [3.63, 3.8) is 0 Å². The Bertz CT molecular complexity index is 489. The second-order valence-corrected chi connectivity index (χ2v) is 5.81. The first-order valence-corrected chi connectivity index (χ1v) is 6.91. The lowest BCUT2D eigenvalue weighted by Gasteiger charge is -2.17. The number of benzene rings is 1. The molecule has 5 nitrogen and oxygen atoms in total. The molecule has 6 heteroatoms. The Balaban J connectivity index is 2.05. The molecule has 2 rings (SSSR count). The topological polar surface area (TPSA) is 69.6 Å². The number of hydrogen-bond donors (Lipinski definition) is 1. The third-order valence-electron chi connectivity index (χ3n) is 2.24. The van der Waals surface area contributed by atoms with Crippen molar-refractivity contribution < 1.29 is 0 Å². The van der Waals surface area contributed by atoms with Crippen molar-refractivity contribution in [2.45, 2.75) is 25.1 Å². The van der Waals surface area contributed by atoms with E-state index in [1.807, 2.05) is 44.2 Å². The Morgan fingerprint density at radius 1 is 1.28 bits per heavy atom. The summed E-state index contributed by atoms with van der Waals surface area (Å²) in [7, 11) is 0. The molecule has 2 N–H and O–H groups in total. The minimum Gasteiger partial charge on any atom is -0.325 e. The maximum atomic E-state index is 5.94. The number of thioether (sulfide) groups is 1. The van der Waals surface area contributed by atoms with Crippen molar-refractivity contribution in [1.82, 2.24) is 20.2 Å². The molecule has 1 aromatic heterocycles. The smallest absolute Gasteiger partial charge is 0.166 e. The molecule has 0 spiro atoms. The quantitative estimate of drug-likeness (QED) is 0.888. The van der Waals surface area contributed by atoms with E-state index in [2.05, 4.69) is 15.5 Å². The molecule has 2 aromatic rings.